The molecule has 7 nitrogen and oxygen atoms in total. The molecule has 4 aromatic rings. The number of carbonyl (C=O) groups excluding carboxylic acids is 2. The van der Waals surface area contributed by atoms with Crippen molar-refractivity contribution in [1.82, 2.24) is 4.57 Å². The Morgan fingerprint density at radius 2 is 1.43 bits per heavy atom. The number of aromatic nitrogens is 1. The molecule has 0 saturated carbocycles. The zero-order valence-corrected chi connectivity index (χ0v) is 28.7. The highest BCUT2D eigenvalue weighted by atomic mass is 16.7. The Labute approximate surface area is 279 Å². The van der Waals surface area contributed by atoms with Crippen LogP contribution in [0.5, 0.6) is 0 Å². The monoisotopic (exact) mass is 636 g/mol. The molecule has 1 aromatic heterocycles. The number of carbonyl (C=O) groups is 2. The number of hydrogen-bond acceptors (Lipinski definition) is 5. The van der Waals surface area contributed by atoms with Gasteiger partial charge in [0, 0.05) is 29.9 Å². The van der Waals surface area contributed by atoms with Crippen LogP contribution < -0.4 is 5.32 Å². The molecule has 5 rings (SSSR count). The number of amides is 1. The van der Waals surface area contributed by atoms with E-state index in [9.17, 15) is 9.59 Å². The summed E-state index contributed by atoms with van der Waals surface area (Å²) in [4.78, 5) is 27.1. The van der Waals surface area contributed by atoms with E-state index >= 15 is 0 Å². The Morgan fingerprint density at radius 3 is 2.00 bits per heavy atom. The van der Waals surface area contributed by atoms with Crippen molar-refractivity contribution in [3.63, 3.8) is 0 Å². The minimum absolute atomic E-state index is 0.0402. The second-order valence-electron chi connectivity index (χ2n) is 14.0. The van der Waals surface area contributed by atoms with Crippen LogP contribution in [0.15, 0.2) is 91.0 Å². The predicted molar refractivity (Wildman–Crippen MR) is 187 cm³/mol. The molecule has 1 aliphatic rings. The molecule has 0 spiro atoms. The van der Waals surface area contributed by atoms with Gasteiger partial charge in [-0.15, -0.1) is 0 Å². The highest BCUT2D eigenvalue weighted by molar-refractivity contribution is 6.12. The van der Waals surface area contributed by atoms with Crippen molar-refractivity contribution >= 4 is 17.6 Å². The first-order chi connectivity index (χ1) is 22.3. The molecule has 7 heteroatoms. The summed E-state index contributed by atoms with van der Waals surface area (Å²) in [5, 5.41) is 3.17. The van der Waals surface area contributed by atoms with Gasteiger partial charge in [-0.3, -0.25) is 9.59 Å². The maximum atomic E-state index is 14.4. The molecule has 1 N–H and O–H groups in total. The number of hydrogen-bond donors (Lipinski definition) is 1. The number of nitrogens with one attached hydrogen (secondary N) is 1. The molecule has 3 aromatic carbocycles. The lowest BCUT2D eigenvalue weighted by Crippen LogP contribution is -2.46. The lowest BCUT2D eigenvalue weighted by molar-refractivity contribution is -0.301. The third-order valence-electron chi connectivity index (χ3n) is 8.13. The molecule has 2 atom stereocenters. The molecule has 47 heavy (non-hydrogen) atoms. The van der Waals surface area contributed by atoms with E-state index in [1.807, 2.05) is 101 Å². The Bertz CT molecular complexity index is 1650. The van der Waals surface area contributed by atoms with Gasteiger partial charge in [-0.1, -0.05) is 92.7 Å². The van der Waals surface area contributed by atoms with Gasteiger partial charge in [0.1, 0.15) is 5.60 Å². The first kappa shape index (κ1) is 34.1. The maximum absolute atomic E-state index is 14.4. The summed E-state index contributed by atoms with van der Waals surface area (Å²) in [7, 11) is 0. The average molecular weight is 637 g/mol. The largest absolute Gasteiger partial charge is 0.460 e. The summed E-state index contributed by atoms with van der Waals surface area (Å²) < 4.78 is 20.5. The maximum Gasteiger partial charge on any atom is 0.308 e. The van der Waals surface area contributed by atoms with Crippen LogP contribution in [-0.4, -0.2) is 40.0 Å². The molecule has 0 bridgehead atoms. The predicted octanol–water partition coefficient (Wildman–Crippen LogP) is 9.23. The van der Waals surface area contributed by atoms with E-state index < -0.39 is 11.4 Å². The lowest BCUT2D eigenvalue weighted by atomic mass is 9.94. The van der Waals surface area contributed by atoms with Crippen LogP contribution in [0, 0.1) is 0 Å². The molecule has 2 heterocycles. The number of ether oxygens (including phenoxy) is 3. The van der Waals surface area contributed by atoms with Crippen LogP contribution in [0.25, 0.3) is 22.4 Å². The van der Waals surface area contributed by atoms with Gasteiger partial charge in [0.15, 0.2) is 5.79 Å². The van der Waals surface area contributed by atoms with Gasteiger partial charge in [0.05, 0.1) is 29.9 Å². The summed E-state index contributed by atoms with van der Waals surface area (Å²) in [5.74, 6) is -1.24. The van der Waals surface area contributed by atoms with Gasteiger partial charge in [0.25, 0.3) is 5.91 Å². The number of benzene rings is 3. The number of anilines is 1. The van der Waals surface area contributed by atoms with Crippen LogP contribution in [-0.2, 0) is 25.5 Å². The van der Waals surface area contributed by atoms with E-state index in [-0.39, 0.29) is 36.4 Å². The van der Waals surface area contributed by atoms with E-state index in [2.05, 4.69) is 48.0 Å². The molecular formula is C40H48N2O5. The highest BCUT2D eigenvalue weighted by Gasteiger charge is 2.38. The average Bonchev–Trinajstić information content (AvgIpc) is 3.35. The van der Waals surface area contributed by atoms with Crippen LogP contribution in [0.1, 0.15) is 89.7 Å². The lowest BCUT2D eigenvalue weighted by Gasteiger charge is -2.41. The standard InChI is InChI=1S/C40H48N2O5/c1-27(2)36-35(38(44)41-30-21-15-10-16-22-30)34(28-17-11-8-12-18-28)37(29-19-13-9-14-20-29)42(36)24-23-31-25-32(46-40(6,7)45-31)26-33(43)47-39(3,4)5/h8-22,27,31-32H,23-26H2,1-7H3,(H,41,44)/t31-,32-/m0/s1. The molecular weight excluding hydrogens is 588 g/mol. The van der Waals surface area contributed by atoms with Crippen molar-refractivity contribution < 1.29 is 23.8 Å². The van der Waals surface area contributed by atoms with Gasteiger partial charge in [-0.25, -0.2) is 0 Å². The van der Waals surface area contributed by atoms with Crippen molar-refractivity contribution in [3.05, 3.63) is 102 Å². The summed E-state index contributed by atoms with van der Waals surface area (Å²) in [6.07, 6.45) is 0.903. The normalized spacial score (nSPS) is 17.8. The second kappa shape index (κ2) is 14.3. The van der Waals surface area contributed by atoms with Crippen LogP contribution >= 0.6 is 0 Å². The molecule has 1 fully saturated rings. The van der Waals surface area contributed by atoms with Crippen molar-refractivity contribution in [2.45, 2.75) is 104 Å². The van der Waals surface area contributed by atoms with Gasteiger partial charge >= 0.3 is 5.97 Å². The first-order valence-corrected chi connectivity index (χ1v) is 16.6. The topological polar surface area (TPSA) is 78.8 Å². The van der Waals surface area contributed by atoms with Crippen molar-refractivity contribution in [1.29, 1.82) is 0 Å². The van der Waals surface area contributed by atoms with Crippen LogP contribution in [0.2, 0.25) is 0 Å². The Kier molecular flexibility index (Phi) is 10.4. The van der Waals surface area contributed by atoms with Gasteiger partial charge in [-0.2, -0.15) is 0 Å². The summed E-state index contributed by atoms with van der Waals surface area (Å²) >= 11 is 0. The fraction of sp³-hybridized carbons (Fsp3) is 0.400. The zero-order valence-electron chi connectivity index (χ0n) is 28.7. The molecule has 1 amide bonds. The SMILES string of the molecule is CC(C)c1c(C(=O)Nc2ccccc2)c(-c2ccccc2)c(-c2ccccc2)n1CC[C@H]1C[C@@H](CC(=O)OC(C)(C)C)OC(C)(C)O1. The number of rotatable bonds is 10. The summed E-state index contributed by atoms with van der Waals surface area (Å²) in [6, 6.07) is 30.0. The molecule has 1 aliphatic heterocycles. The summed E-state index contributed by atoms with van der Waals surface area (Å²) in [6.45, 7) is 14.3. The van der Waals surface area contributed by atoms with E-state index in [4.69, 9.17) is 14.2 Å². The van der Waals surface area contributed by atoms with E-state index in [1.54, 1.807) is 0 Å². The fourth-order valence-electron chi connectivity index (χ4n) is 6.56. The van der Waals surface area contributed by atoms with Gasteiger partial charge in [0.2, 0.25) is 0 Å². The smallest absolute Gasteiger partial charge is 0.308 e. The van der Waals surface area contributed by atoms with Crippen molar-refractivity contribution in [3.8, 4) is 22.4 Å². The Balaban J connectivity index is 1.57. The second-order valence-corrected chi connectivity index (χ2v) is 14.0. The van der Waals surface area contributed by atoms with E-state index in [0.29, 0.717) is 24.9 Å². The molecule has 0 unspecified atom stereocenters. The molecule has 0 aliphatic carbocycles. The zero-order chi connectivity index (χ0) is 33.8. The third kappa shape index (κ3) is 8.59. The minimum Gasteiger partial charge on any atom is -0.460 e. The minimum atomic E-state index is -0.856. The Morgan fingerprint density at radius 1 is 0.872 bits per heavy atom. The third-order valence-corrected chi connectivity index (χ3v) is 8.13. The van der Waals surface area contributed by atoms with E-state index in [1.165, 1.54) is 0 Å². The summed E-state index contributed by atoms with van der Waals surface area (Å²) in [5.41, 5.74) is 5.73. The highest BCUT2D eigenvalue weighted by Crippen LogP contribution is 2.43. The number of nitrogens with zero attached hydrogens (tertiary/aromatic N) is 1. The van der Waals surface area contributed by atoms with Crippen molar-refractivity contribution in [2.75, 3.05) is 5.32 Å². The van der Waals surface area contributed by atoms with Gasteiger partial charge in [-0.05, 0) is 70.2 Å². The first-order valence-electron chi connectivity index (χ1n) is 16.6. The molecule has 0 radical (unpaired) electrons. The number of para-hydroxylation sites is 1. The van der Waals surface area contributed by atoms with Gasteiger partial charge < -0.3 is 24.1 Å². The van der Waals surface area contributed by atoms with Crippen LogP contribution in [0.3, 0.4) is 0 Å². The Hall–Kier alpha value is -4.20. The quantitative estimate of drug-likeness (QED) is 0.176. The fourth-order valence-corrected chi connectivity index (χ4v) is 6.56. The van der Waals surface area contributed by atoms with Crippen molar-refractivity contribution in [2.24, 2.45) is 0 Å². The molecule has 1 saturated heterocycles. The van der Waals surface area contributed by atoms with E-state index in [0.717, 1.165) is 33.8 Å². The molecule has 248 valence electrons. The number of esters is 1. The van der Waals surface area contributed by atoms with Crippen LogP contribution in [0.4, 0.5) is 5.69 Å².